The van der Waals surface area contributed by atoms with E-state index < -0.39 is 0 Å². The molecule has 0 saturated carbocycles. The van der Waals surface area contributed by atoms with Gasteiger partial charge in [-0.2, -0.15) is 0 Å². The van der Waals surface area contributed by atoms with Crippen molar-refractivity contribution >= 4 is 5.69 Å². The van der Waals surface area contributed by atoms with Crippen molar-refractivity contribution in [2.75, 3.05) is 25.0 Å². The van der Waals surface area contributed by atoms with Gasteiger partial charge in [-0.15, -0.1) is 5.10 Å². The highest BCUT2D eigenvalue weighted by Gasteiger charge is 2.33. The molecular formula is C15H20N6. The van der Waals surface area contributed by atoms with Gasteiger partial charge in [-0.05, 0) is 73.0 Å². The van der Waals surface area contributed by atoms with Crippen LogP contribution in [0.2, 0.25) is 0 Å². The Balaban J connectivity index is 1.52. The zero-order valence-corrected chi connectivity index (χ0v) is 12.2. The first-order chi connectivity index (χ1) is 10.3. The van der Waals surface area contributed by atoms with Crippen molar-refractivity contribution in [2.24, 2.45) is 5.92 Å². The standard InChI is InChI=1S/C15H20N6/c1-11-8-13(2-3-15(11)21-10-16-18-19-21)17-14-9-20-6-4-12(14)5-7-20/h2-3,8,10,12,14,17H,4-7,9H2,1H3/t14-/m1/s1. The fraction of sp³-hybridized carbons (Fsp3) is 0.533. The molecule has 1 aromatic carbocycles. The molecule has 0 radical (unpaired) electrons. The zero-order chi connectivity index (χ0) is 14.2. The zero-order valence-electron chi connectivity index (χ0n) is 12.2. The summed E-state index contributed by atoms with van der Waals surface area (Å²) in [6.45, 7) is 5.83. The fourth-order valence-electron chi connectivity index (χ4n) is 3.62. The number of fused-ring (bicyclic) bond motifs is 3. The fourth-order valence-corrected chi connectivity index (χ4v) is 3.62. The van der Waals surface area contributed by atoms with E-state index in [1.165, 1.54) is 43.7 Å². The minimum absolute atomic E-state index is 0.589. The molecule has 6 nitrogen and oxygen atoms in total. The Bertz CT molecular complexity index is 615. The van der Waals surface area contributed by atoms with Gasteiger partial charge in [0, 0.05) is 18.3 Å². The molecule has 6 heteroatoms. The van der Waals surface area contributed by atoms with Crippen LogP contribution < -0.4 is 5.32 Å². The number of benzene rings is 1. The molecular weight excluding hydrogens is 264 g/mol. The summed E-state index contributed by atoms with van der Waals surface area (Å²) in [6.07, 6.45) is 4.29. The first-order valence-corrected chi connectivity index (χ1v) is 7.62. The van der Waals surface area contributed by atoms with E-state index >= 15 is 0 Å². The Morgan fingerprint density at radius 3 is 2.71 bits per heavy atom. The molecule has 1 atom stereocenters. The van der Waals surface area contributed by atoms with Crippen LogP contribution in [0.3, 0.4) is 0 Å². The summed E-state index contributed by atoms with van der Waals surface area (Å²) in [7, 11) is 0. The summed E-state index contributed by atoms with van der Waals surface area (Å²) in [5.41, 5.74) is 3.40. The molecule has 3 saturated heterocycles. The minimum Gasteiger partial charge on any atom is -0.381 e. The van der Waals surface area contributed by atoms with E-state index in [4.69, 9.17) is 0 Å². The second-order valence-corrected chi connectivity index (χ2v) is 6.14. The lowest BCUT2D eigenvalue weighted by Gasteiger charge is -2.45. The van der Waals surface area contributed by atoms with Crippen LogP contribution in [0.1, 0.15) is 18.4 Å². The normalized spacial score (nSPS) is 27.8. The molecule has 4 heterocycles. The molecule has 110 valence electrons. The second-order valence-electron chi connectivity index (χ2n) is 6.14. The van der Waals surface area contributed by atoms with Gasteiger partial charge in [0.25, 0.3) is 0 Å². The van der Waals surface area contributed by atoms with Gasteiger partial charge in [-0.25, -0.2) is 4.68 Å². The summed E-state index contributed by atoms with van der Waals surface area (Å²) >= 11 is 0. The smallest absolute Gasteiger partial charge is 0.143 e. The van der Waals surface area contributed by atoms with Crippen molar-refractivity contribution in [1.29, 1.82) is 0 Å². The summed E-state index contributed by atoms with van der Waals surface area (Å²) < 4.78 is 1.70. The van der Waals surface area contributed by atoms with Gasteiger partial charge in [0.2, 0.25) is 0 Å². The lowest BCUT2D eigenvalue weighted by atomic mass is 9.84. The van der Waals surface area contributed by atoms with Crippen molar-refractivity contribution in [3.05, 3.63) is 30.1 Å². The first kappa shape index (κ1) is 12.8. The van der Waals surface area contributed by atoms with E-state index in [-0.39, 0.29) is 0 Å². The number of rotatable bonds is 3. The number of anilines is 1. The topological polar surface area (TPSA) is 58.9 Å². The van der Waals surface area contributed by atoms with Gasteiger partial charge in [0.1, 0.15) is 6.33 Å². The Kier molecular flexibility index (Phi) is 3.11. The minimum atomic E-state index is 0.589. The van der Waals surface area contributed by atoms with Crippen molar-refractivity contribution in [1.82, 2.24) is 25.1 Å². The molecule has 2 aromatic rings. The summed E-state index contributed by atoms with van der Waals surface area (Å²) in [5, 5.41) is 15.1. The van der Waals surface area contributed by atoms with Gasteiger partial charge >= 0.3 is 0 Å². The molecule has 5 rings (SSSR count). The summed E-state index contributed by atoms with van der Waals surface area (Å²) in [4.78, 5) is 2.57. The molecule has 1 N–H and O–H groups in total. The molecule has 0 unspecified atom stereocenters. The third-order valence-corrected chi connectivity index (χ3v) is 4.80. The number of hydrogen-bond acceptors (Lipinski definition) is 5. The van der Waals surface area contributed by atoms with Gasteiger partial charge in [0.15, 0.2) is 0 Å². The van der Waals surface area contributed by atoms with Crippen LogP contribution >= 0.6 is 0 Å². The molecule has 2 bridgehead atoms. The summed E-state index contributed by atoms with van der Waals surface area (Å²) in [6, 6.07) is 6.98. The molecule has 3 aliphatic rings. The van der Waals surface area contributed by atoms with Gasteiger partial charge in [-0.1, -0.05) is 0 Å². The molecule has 0 aliphatic carbocycles. The number of nitrogens with one attached hydrogen (secondary N) is 1. The molecule has 21 heavy (non-hydrogen) atoms. The SMILES string of the molecule is Cc1cc(N[C@@H]2CN3CCC2CC3)ccc1-n1cnnn1. The predicted octanol–water partition coefficient (Wildman–Crippen LogP) is 1.48. The monoisotopic (exact) mass is 284 g/mol. The van der Waals surface area contributed by atoms with Gasteiger partial charge in [0.05, 0.1) is 5.69 Å². The predicted molar refractivity (Wildman–Crippen MR) is 80.5 cm³/mol. The van der Waals surface area contributed by atoms with E-state index in [0.717, 1.165) is 11.6 Å². The number of piperidine rings is 3. The van der Waals surface area contributed by atoms with E-state index in [1.54, 1.807) is 11.0 Å². The van der Waals surface area contributed by atoms with Crippen LogP contribution in [-0.2, 0) is 0 Å². The Labute approximate surface area is 124 Å². The Morgan fingerprint density at radius 2 is 2.10 bits per heavy atom. The van der Waals surface area contributed by atoms with Crippen molar-refractivity contribution in [2.45, 2.75) is 25.8 Å². The number of hydrogen-bond donors (Lipinski definition) is 1. The van der Waals surface area contributed by atoms with E-state index in [2.05, 4.69) is 50.9 Å². The van der Waals surface area contributed by atoms with Gasteiger partial charge < -0.3 is 10.2 Å². The van der Waals surface area contributed by atoms with Crippen LogP contribution in [0.25, 0.3) is 5.69 Å². The van der Waals surface area contributed by atoms with Crippen molar-refractivity contribution < 1.29 is 0 Å². The lowest BCUT2D eigenvalue weighted by molar-refractivity contribution is 0.0975. The third kappa shape index (κ3) is 2.40. The summed E-state index contributed by atoms with van der Waals surface area (Å²) in [5.74, 6) is 0.828. The van der Waals surface area contributed by atoms with Gasteiger partial charge in [-0.3, -0.25) is 0 Å². The highest BCUT2D eigenvalue weighted by Crippen LogP contribution is 2.30. The van der Waals surface area contributed by atoms with E-state index in [9.17, 15) is 0 Å². The van der Waals surface area contributed by atoms with Crippen LogP contribution in [0.15, 0.2) is 24.5 Å². The highest BCUT2D eigenvalue weighted by molar-refractivity contribution is 5.54. The number of aromatic nitrogens is 4. The Morgan fingerprint density at radius 1 is 1.24 bits per heavy atom. The van der Waals surface area contributed by atoms with E-state index in [1.807, 2.05) is 0 Å². The molecule has 0 amide bonds. The van der Waals surface area contributed by atoms with Crippen molar-refractivity contribution in [3.8, 4) is 5.69 Å². The van der Waals surface area contributed by atoms with Crippen LogP contribution in [0.5, 0.6) is 0 Å². The average molecular weight is 284 g/mol. The number of aryl methyl sites for hydroxylation is 1. The average Bonchev–Trinajstić information content (AvgIpc) is 3.03. The van der Waals surface area contributed by atoms with Crippen LogP contribution in [0.4, 0.5) is 5.69 Å². The van der Waals surface area contributed by atoms with Crippen molar-refractivity contribution in [3.63, 3.8) is 0 Å². The maximum Gasteiger partial charge on any atom is 0.143 e. The molecule has 3 aliphatic heterocycles. The number of tetrazole rings is 1. The molecule has 0 spiro atoms. The highest BCUT2D eigenvalue weighted by atomic mass is 15.5. The Hall–Kier alpha value is -1.95. The molecule has 1 aromatic heterocycles. The maximum absolute atomic E-state index is 3.95. The number of nitrogens with zero attached hydrogens (tertiary/aromatic N) is 5. The first-order valence-electron chi connectivity index (χ1n) is 7.62. The van der Waals surface area contributed by atoms with E-state index in [0.29, 0.717) is 6.04 Å². The van der Waals surface area contributed by atoms with Crippen LogP contribution in [0, 0.1) is 12.8 Å². The molecule has 3 fully saturated rings. The lowest BCUT2D eigenvalue weighted by Crippen LogP contribution is -2.53. The van der Waals surface area contributed by atoms with Crippen LogP contribution in [-0.4, -0.2) is 50.8 Å². The third-order valence-electron chi connectivity index (χ3n) is 4.80. The largest absolute Gasteiger partial charge is 0.381 e. The maximum atomic E-state index is 3.95. The quantitative estimate of drug-likeness (QED) is 0.925. The second kappa shape index (κ2) is 5.11.